The van der Waals surface area contributed by atoms with E-state index in [1.54, 1.807) is 53.2 Å². The SMILES string of the molecule is C=[SH](/C)=N/OCC(=O)N[C@@H](CC(C)C)C(=O)N[C@@H](CCCNC(N)=O)C(=O)Nc1ccc(COC(=O)NCc2cn(CCOCCOCCOCCOCCOCCOCCOCCOCCOCCOCCOCCOCCOCC(C)SC)nn2)cc1. The van der Waals surface area contributed by atoms with Crippen LogP contribution in [0, 0.1) is 5.92 Å². The molecule has 6 amide bonds. The van der Waals surface area contributed by atoms with Crippen molar-refractivity contribution in [3.63, 3.8) is 0 Å². The fraction of sp³-hybridized carbons (Fsp3) is 0.754. The molecule has 0 aliphatic rings. The van der Waals surface area contributed by atoms with E-state index in [4.69, 9.17) is 76.9 Å². The summed E-state index contributed by atoms with van der Waals surface area (Å²) < 4.78 is 82.6. The Balaban J connectivity index is 1.40. The highest BCUT2D eigenvalue weighted by Crippen LogP contribution is 2.14. The quantitative estimate of drug-likeness (QED) is 0.0214. The van der Waals surface area contributed by atoms with Crippen LogP contribution in [0.5, 0.6) is 0 Å². The van der Waals surface area contributed by atoms with Gasteiger partial charge in [0.05, 0.1) is 191 Å². The molecule has 89 heavy (non-hydrogen) atoms. The highest BCUT2D eigenvalue weighted by Gasteiger charge is 2.28. The molecule has 32 heteroatoms. The Morgan fingerprint density at radius 3 is 1.53 bits per heavy atom. The molecule has 2 unspecified atom stereocenters. The Kier molecular flexibility index (Phi) is 50.4. The van der Waals surface area contributed by atoms with Crippen molar-refractivity contribution in [2.45, 2.75) is 77.1 Å². The van der Waals surface area contributed by atoms with E-state index in [9.17, 15) is 24.0 Å². The number of thioether (sulfide) groups is 1. The van der Waals surface area contributed by atoms with Gasteiger partial charge in [0.15, 0.2) is 6.61 Å². The number of alkyl carbamates (subject to hydrolysis) is 1. The van der Waals surface area contributed by atoms with E-state index in [-0.39, 0.29) is 38.5 Å². The van der Waals surface area contributed by atoms with Crippen LogP contribution in [-0.2, 0) is 116 Å². The molecule has 0 fully saturated rings. The highest BCUT2D eigenvalue weighted by molar-refractivity contribution is 7.99. The van der Waals surface area contributed by atoms with E-state index < -0.39 is 58.8 Å². The van der Waals surface area contributed by atoms with Gasteiger partial charge in [0, 0.05) is 17.5 Å². The van der Waals surface area contributed by atoms with Crippen LogP contribution in [0.4, 0.5) is 15.3 Å². The first-order chi connectivity index (χ1) is 43.2. The number of anilines is 1. The average molecular weight is 1310 g/mol. The zero-order chi connectivity index (χ0) is 64.6. The summed E-state index contributed by atoms with van der Waals surface area (Å²) in [5, 5.41) is 21.9. The number of nitrogens with zero attached hydrogens (tertiary/aromatic N) is 4. The second kappa shape index (κ2) is 55.9. The molecule has 2 aromatic rings. The lowest BCUT2D eigenvalue weighted by Gasteiger charge is -2.24. The molecule has 1 aromatic carbocycles. The molecule has 4 atom stereocenters. The lowest BCUT2D eigenvalue weighted by Crippen LogP contribution is -2.53. The molecule has 2 rings (SSSR count). The summed E-state index contributed by atoms with van der Waals surface area (Å²) in [5.41, 5.74) is 6.75. The van der Waals surface area contributed by atoms with Crippen LogP contribution in [0.1, 0.15) is 51.3 Å². The lowest BCUT2D eigenvalue weighted by atomic mass is 10.0. The van der Waals surface area contributed by atoms with Crippen LogP contribution in [0.25, 0.3) is 0 Å². The van der Waals surface area contributed by atoms with E-state index >= 15 is 0 Å². The van der Waals surface area contributed by atoms with Crippen LogP contribution >= 0.6 is 11.8 Å². The minimum atomic E-state index is -1.04. The van der Waals surface area contributed by atoms with Gasteiger partial charge < -0.3 is 98.6 Å². The van der Waals surface area contributed by atoms with Crippen LogP contribution in [-0.4, -0.2) is 265 Å². The number of thiol groups is 1. The second-order valence-electron chi connectivity index (χ2n) is 19.8. The number of hydrogen-bond acceptors (Lipinski definition) is 24. The number of carbonyl (C=O) groups excluding carboxylic acids is 5. The average Bonchev–Trinajstić information content (AvgIpc) is 3.71. The molecular formula is C57H102N10O20S2. The van der Waals surface area contributed by atoms with Gasteiger partial charge in [-0.2, -0.15) is 11.8 Å². The van der Waals surface area contributed by atoms with Gasteiger partial charge in [0.25, 0.3) is 0 Å². The maximum absolute atomic E-state index is 13.5. The monoisotopic (exact) mass is 1310 g/mol. The topological polar surface area (TPSA) is 353 Å². The van der Waals surface area contributed by atoms with Gasteiger partial charge in [-0.1, -0.05) is 44.0 Å². The predicted octanol–water partition coefficient (Wildman–Crippen LogP) is 1.60. The van der Waals surface area contributed by atoms with Crippen LogP contribution < -0.4 is 32.3 Å². The first kappa shape index (κ1) is 80.2. The van der Waals surface area contributed by atoms with Crippen molar-refractivity contribution in [2.24, 2.45) is 16.2 Å². The van der Waals surface area contributed by atoms with Gasteiger partial charge in [-0.3, -0.25) is 14.4 Å². The Bertz CT molecular complexity index is 2210. The zero-order valence-electron chi connectivity index (χ0n) is 52.8. The summed E-state index contributed by atoms with van der Waals surface area (Å²) in [7, 11) is -0.982. The van der Waals surface area contributed by atoms with Gasteiger partial charge in [-0.05, 0) is 55.4 Å². The van der Waals surface area contributed by atoms with Crippen molar-refractivity contribution in [1.29, 1.82) is 0 Å². The van der Waals surface area contributed by atoms with E-state index in [1.807, 2.05) is 13.8 Å². The second-order valence-corrected chi connectivity index (χ2v) is 22.6. The van der Waals surface area contributed by atoms with E-state index in [2.05, 4.69) is 60.5 Å². The van der Waals surface area contributed by atoms with Crippen molar-refractivity contribution in [3.8, 4) is 0 Å². The number of amides is 6. The van der Waals surface area contributed by atoms with Crippen molar-refractivity contribution < 1.29 is 95.1 Å². The number of hydrogen-bond donors (Lipinski definition) is 7. The van der Waals surface area contributed by atoms with Crippen LogP contribution in [0.15, 0.2) is 35.0 Å². The number of nitrogens with one attached hydrogen (secondary N) is 5. The third kappa shape index (κ3) is 48.6. The van der Waals surface area contributed by atoms with Crippen molar-refractivity contribution in [1.82, 2.24) is 36.3 Å². The Hall–Kier alpha value is -4.88. The number of benzene rings is 1. The number of carbonyl (C=O) groups is 5. The molecule has 0 saturated heterocycles. The number of aromatic nitrogens is 3. The van der Waals surface area contributed by atoms with Crippen LogP contribution in [0.2, 0.25) is 0 Å². The maximum Gasteiger partial charge on any atom is 0.407 e. The van der Waals surface area contributed by atoms with Gasteiger partial charge in [-0.15, -0.1) is 19.9 Å². The zero-order valence-corrected chi connectivity index (χ0v) is 54.5. The number of ether oxygens (including phenoxy) is 14. The van der Waals surface area contributed by atoms with Crippen molar-refractivity contribution in [2.75, 3.05) is 203 Å². The molecule has 0 spiro atoms. The van der Waals surface area contributed by atoms with Crippen molar-refractivity contribution in [3.05, 3.63) is 41.7 Å². The van der Waals surface area contributed by atoms with E-state index in [0.29, 0.717) is 200 Å². The van der Waals surface area contributed by atoms with Gasteiger partial charge in [0.1, 0.15) is 24.4 Å². The van der Waals surface area contributed by atoms with Crippen molar-refractivity contribution >= 4 is 63.4 Å². The standard InChI is InChI=1S/C57H102N10O20S2/c1-46(2)40-52(62-53(68)45-87-66-89(5)6)55(70)63-51(8-7-13-59-56(58)71)54(69)61-49-11-9-48(10-12-49)44-86-57(72)60-41-50-42-67(65-64-50)14-15-73-16-17-74-18-19-75-20-21-76-22-23-77-24-25-78-26-27-79-28-29-80-30-31-81-32-33-82-34-35-83-36-37-84-38-39-85-43-47(3)88-4/h9-12,42,46-47,51-52,89H,5,7-8,13-41,43-45H2,1-4,6H3,(H,60,72)(H,61,69)(H,62,68)(H,63,70)(H3,58,59,71)/t47?,51-,52-/m0/s1. The number of rotatable bonds is 60. The molecule has 7 N–H and O–H groups in total. The predicted molar refractivity (Wildman–Crippen MR) is 336 cm³/mol. The summed E-state index contributed by atoms with van der Waals surface area (Å²) in [6.07, 6.45) is 5.58. The summed E-state index contributed by atoms with van der Waals surface area (Å²) in [6, 6.07) is 3.86. The Morgan fingerprint density at radius 2 is 1.09 bits per heavy atom. The molecule has 0 saturated carbocycles. The maximum atomic E-state index is 13.5. The molecule has 1 heterocycles. The summed E-state index contributed by atoms with van der Waals surface area (Å²) >= 11 is 1.78. The Morgan fingerprint density at radius 1 is 0.629 bits per heavy atom. The molecule has 1 aromatic heterocycles. The third-order valence-corrected chi connectivity index (χ3v) is 13.0. The molecule has 30 nitrogen and oxygen atoms in total. The fourth-order valence-corrected chi connectivity index (χ4v) is 7.59. The normalized spacial score (nSPS) is 12.8. The molecule has 0 aliphatic heterocycles. The van der Waals surface area contributed by atoms with E-state index in [0.717, 1.165) is 6.61 Å². The minimum Gasteiger partial charge on any atom is -0.445 e. The molecular weight excluding hydrogens is 1210 g/mol. The number of nitrogens with two attached hydrogens (primary N) is 1. The molecule has 0 radical (unpaired) electrons. The largest absolute Gasteiger partial charge is 0.445 e. The fourth-order valence-electron chi connectivity index (χ4n) is 7.10. The van der Waals surface area contributed by atoms with E-state index in [1.165, 1.54) is 0 Å². The van der Waals surface area contributed by atoms with Gasteiger partial charge in [0.2, 0.25) is 17.7 Å². The molecule has 0 bridgehead atoms. The first-order valence-corrected chi connectivity index (χ1v) is 33.2. The smallest absolute Gasteiger partial charge is 0.407 e. The summed E-state index contributed by atoms with van der Waals surface area (Å²) in [5.74, 6) is 2.09. The lowest BCUT2D eigenvalue weighted by molar-refractivity contribution is -0.133. The highest BCUT2D eigenvalue weighted by atomic mass is 32.2. The van der Waals surface area contributed by atoms with Gasteiger partial charge in [-0.25, -0.2) is 19.1 Å². The number of primary amides is 1. The first-order valence-electron chi connectivity index (χ1n) is 30.0. The molecule has 0 aliphatic carbocycles. The van der Waals surface area contributed by atoms with Gasteiger partial charge >= 0.3 is 12.1 Å². The summed E-state index contributed by atoms with van der Waals surface area (Å²) in [4.78, 5) is 68.2. The van der Waals surface area contributed by atoms with Crippen LogP contribution in [0.3, 0.4) is 0 Å². The molecule has 512 valence electrons. The third-order valence-electron chi connectivity index (χ3n) is 11.6. The number of urea groups is 1. The summed E-state index contributed by atoms with van der Waals surface area (Å²) in [6.45, 7) is 18.7. The Labute approximate surface area is 530 Å². The minimum absolute atomic E-state index is 0.0209.